The highest BCUT2D eigenvalue weighted by Gasteiger charge is 2.28. The molecule has 1 rings (SSSR count). The van der Waals surface area contributed by atoms with Crippen LogP contribution in [0, 0.1) is 12.7 Å². The molecular formula is C13H21FN2O2S. The number of hydrogen-bond acceptors (Lipinski definition) is 3. The zero-order valence-corrected chi connectivity index (χ0v) is 12.6. The Bertz CT molecular complexity index is 558. The van der Waals surface area contributed by atoms with Crippen LogP contribution in [-0.2, 0) is 10.0 Å². The molecule has 1 aromatic carbocycles. The van der Waals surface area contributed by atoms with Gasteiger partial charge in [0.2, 0.25) is 10.0 Å². The zero-order chi connectivity index (χ0) is 14.8. The molecule has 0 aromatic heterocycles. The van der Waals surface area contributed by atoms with Crippen LogP contribution in [0.5, 0.6) is 0 Å². The standard InChI is InChI=1S/C13H21FN2O2S/c1-5-10(4)16(6-2)19(17,18)13-8-12(15)11(14)7-9(13)3/h7-8,10H,5-6,15H2,1-4H3. The lowest BCUT2D eigenvalue weighted by Crippen LogP contribution is -2.38. The minimum absolute atomic E-state index is 0.0774. The highest BCUT2D eigenvalue weighted by molar-refractivity contribution is 7.89. The molecule has 0 amide bonds. The quantitative estimate of drug-likeness (QED) is 0.847. The lowest BCUT2D eigenvalue weighted by molar-refractivity contribution is 0.342. The Kier molecular flexibility index (Phi) is 4.92. The first-order chi connectivity index (χ1) is 8.75. The van der Waals surface area contributed by atoms with E-state index in [0.717, 1.165) is 6.07 Å². The van der Waals surface area contributed by atoms with E-state index < -0.39 is 15.8 Å². The maximum atomic E-state index is 13.3. The van der Waals surface area contributed by atoms with Crippen molar-refractivity contribution in [2.24, 2.45) is 0 Å². The molecule has 4 nitrogen and oxygen atoms in total. The highest BCUT2D eigenvalue weighted by Crippen LogP contribution is 2.26. The lowest BCUT2D eigenvalue weighted by atomic mass is 10.2. The number of hydrogen-bond donors (Lipinski definition) is 1. The number of rotatable bonds is 5. The molecule has 0 fully saturated rings. The summed E-state index contributed by atoms with van der Waals surface area (Å²) in [5.41, 5.74) is 5.70. The fourth-order valence-electron chi connectivity index (χ4n) is 1.99. The van der Waals surface area contributed by atoms with Crippen LogP contribution in [0.4, 0.5) is 10.1 Å². The van der Waals surface area contributed by atoms with Gasteiger partial charge in [-0.25, -0.2) is 12.8 Å². The number of halogens is 1. The monoisotopic (exact) mass is 288 g/mol. The molecule has 0 aliphatic carbocycles. The van der Waals surface area contributed by atoms with Crippen molar-refractivity contribution in [3.63, 3.8) is 0 Å². The van der Waals surface area contributed by atoms with Gasteiger partial charge in [0, 0.05) is 12.6 Å². The van der Waals surface area contributed by atoms with Gasteiger partial charge in [-0.05, 0) is 38.0 Å². The van der Waals surface area contributed by atoms with Gasteiger partial charge in [0.05, 0.1) is 10.6 Å². The summed E-state index contributed by atoms with van der Waals surface area (Å²) in [6.07, 6.45) is 0.711. The van der Waals surface area contributed by atoms with E-state index in [9.17, 15) is 12.8 Å². The number of aryl methyl sites for hydroxylation is 1. The second kappa shape index (κ2) is 5.88. The molecule has 0 aliphatic rings. The van der Waals surface area contributed by atoms with Gasteiger partial charge in [-0.1, -0.05) is 13.8 Å². The van der Waals surface area contributed by atoms with Crippen LogP contribution in [-0.4, -0.2) is 25.3 Å². The third-order valence-corrected chi connectivity index (χ3v) is 5.51. The summed E-state index contributed by atoms with van der Waals surface area (Å²) in [4.78, 5) is 0.0774. The van der Waals surface area contributed by atoms with Crippen molar-refractivity contribution in [3.05, 3.63) is 23.5 Å². The summed E-state index contributed by atoms with van der Waals surface area (Å²) < 4.78 is 39.9. The Labute approximate surface area is 114 Å². The second-order valence-electron chi connectivity index (χ2n) is 4.60. The van der Waals surface area contributed by atoms with E-state index in [2.05, 4.69) is 0 Å². The van der Waals surface area contributed by atoms with Crippen LogP contribution in [0.2, 0.25) is 0 Å². The second-order valence-corrected chi connectivity index (χ2v) is 6.46. The summed E-state index contributed by atoms with van der Waals surface area (Å²) >= 11 is 0. The van der Waals surface area contributed by atoms with Crippen molar-refractivity contribution < 1.29 is 12.8 Å². The number of nitrogens with two attached hydrogens (primary N) is 1. The fraction of sp³-hybridized carbons (Fsp3) is 0.538. The summed E-state index contributed by atoms with van der Waals surface area (Å²) in [6.45, 7) is 7.50. The molecule has 0 heterocycles. The predicted molar refractivity (Wildman–Crippen MR) is 74.9 cm³/mol. The Morgan fingerprint density at radius 2 is 1.95 bits per heavy atom. The van der Waals surface area contributed by atoms with E-state index in [0.29, 0.717) is 18.5 Å². The van der Waals surface area contributed by atoms with E-state index >= 15 is 0 Å². The van der Waals surface area contributed by atoms with Crippen LogP contribution in [0.25, 0.3) is 0 Å². The predicted octanol–water partition coefficient (Wildman–Crippen LogP) is 2.53. The molecule has 0 spiro atoms. The summed E-state index contributed by atoms with van der Waals surface area (Å²) in [5, 5.41) is 0. The van der Waals surface area contributed by atoms with Crippen molar-refractivity contribution in [2.45, 2.75) is 45.1 Å². The van der Waals surface area contributed by atoms with Gasteiger partial charge in [0.25, 0.3) is 0 Å². The van der Waals surface area contributed by atoms with Crippen LogP contribution in [0.15, 0.2) is 17.0 Å². The number of nitrogens with zero attached hydrogens (tertiary/aromatic N) is 1. The molecule has 1 aromatic rings. The first-order valence-corrected chi connectivity index (χ1v) is 7.77. The van der Waals surface area contributed by atoms with Crippen LogP contribution in [0.1, 0.15) is 32.8 Å². The summed E-state index contributed by atoms with van der Waals surface area (Å²) in [5.74, 6) is -0.594. The van der Waals surface area contributed by atoms with Gasteiger partial charge in [0.1, 0.15) is 5.82 Å². The number of benzene rings is 1. The minimum Gasteiger partial charge on any atom is -0.396 e. The maximum absolute atomic E-state index is 13.3. The molecule has 2 N–H and O–H groups in total. The van der Waals surface area contributed by atoms with Crippen molar-refractivity contribution in [1.82, 2.24) is 4.31 Å². The fourth-order valence-corrected chi connectivity index (χ4v) is 3.95. The molecule has 0 bridgehead atoms. The van der Waals surface area contributed by atoms with E-state index in [1.165, 1.54) is 10.4 Å². The third-order valence-electron chi connectivity index (χ3n) is 3.28. The Morgan fingerprint density at radius 3 is 2.42 bits per heavy atom. The molecular weight excluding hydrogens is 267 g/mol. The first kappa shape index (κ1) is 15.9. The zero-order valence-electron chi connectivity index (χ0n) is 11.8. The van der Waals surface area contributed by atoms with Crippen LogP contribution in [0.3, 0.4) is 0 Å². The van der Waals surface area contributed by atoms with Gasteiger partial charge < -0.3 is 5.73 Å². The average Bonchev–Trinajstić information content (AvgIpc) is 2.33. The minimum atomic E-state index is -3.65. The number of nitrogen functional groups attached to an aromatic ring is 1. The maximum Gasteiger partial charge on any atom is 0.243 e. The lowest BCUT2D eigenvalue weighted by Gasteiger charge is -2.27. The Morgan fingerprint density at radius 1 is 1.37 bits per heavy atom. The summed E-state index contributed by atoms with van der Waals surface area (Å²) in [6, 6.07) is 2.25. The van der Waals surface area contributed by atoms with E-state index in [1.807, 2.05) is 13.8 Å². The molecule has 1 atom stereocenters. The molecule has 108 valence electrons. The largest absolute Gasteiger partial charge is 0.396 e. The smallest absolute Gasteiger partial charge is 0.243 e. The SMILES string of the molecule is CCC(C)N(CC)S(=O)(=O)c1cc(N)c(F)cc1C. The molecule has 0 aliphatic heterocycles. The highest BCUT2D eigenvalue weighted by atomic mass is 32.2. The summed E-state index contributed by atoms with van der Waals surface area (Å²) in [7, 11) is -3.65. The van der Waals surface area contributed by atoms with Crippen molar-refractivity contribution >= 4 is 15.7 Å². The molecule has 0 saturated heterocycles. The molecule has 19 heavy (non-hydrogen) atoms. The normalized spacial score (nSPS) is 13.8. The van der Waals surface area contributed by atoms with Gasteiger partial charge in [0.15, 0.2) is 0 Å². The van der Waals surface area contributed by atoms with Crippen molar-refractivity contribution in [2.75, 3.05) is 12.3 Å². The van der Waals surface area contributed by atoms with Gasteiger partial charge in [-0.3, -0.25) is 0 Å². The van der Waals surface area contributed by atoms with E-state index in [-0.39, 0.29) is 16.6 Å². The van der Waals surface area contributed by atoms with E-state index in [4.69, 9.17) is 5.73 Å². The van der Waals surface area contributed by atoms with Gasteiger partial charge >= 0.3 is 0 Å². The van der Waals surface area contributed by atoms with Crippen LogP contribution >= 0.6 is 0 Å². The Hall–Kier alpha value is -1.14. The molecule has 0 saturated carbocycles. The van der Waals surface area contributed by atoms with Crippen LogP contribution < -0.4 is 5.73 Å². The van der Waals surface area contributed by atoms with Gasteiger partial charge in [-0.2, -0.15) is 4.31 Å². The van der Waals surface area contributed by atoms with E-state index in [1.54, 1.807) is 13.8 Å². The van der Waals surface area contributed by atoms with Crippen molar-refractivity contribution in [1.29, 1.82) is 0 Å². The van der Waals surface area contributed by atoms with Gasteiger partial charge in [-0.15, -0.1) is 0 Å². The first-order valence-electron chi connectivity index (χ1n) is 6.33. The number of sulfonamides is 1. The molecule has 6 heteroatoms. The van der Waals surface area contributed by atoms with Crippen molar-refractivity contribution in [3.8, 4) is 0 Å². The molecule has 1 unspecified atom stereocenters. The number of anilines is 1. The topological polar surface area (TPSA) is 63.4 Å². The Balaban J connectivity index is 3.38. The average molecular weight is 288 g/mol. The molecule has 0 radical (unpaired) electrons. The third kappa shape index (κ3) is 3.06.